The predicted octanol–water partition coefficient (Wildman–Crippen LogP) is 14.9. The van der Waals surface area contributed by atoms with Crippen molar-refractivity contribution in [2.24, 2.45) is 0 Å². The summed E-state index contributed by atoms with van der Waals surface area (Å²) in [6.45, 7) is 0. The monoisotopic (exact) mass is 772 g/mol. The molecule has 0 amide bonds. The minimum absolute atomic E-state index is 0.00318. The van der Waals surface area contributed by atoms with Gasteiger partial charge in [-0.3, -0.25) is 0 Å². The summed E-state index contributed by atoms with van der Waals surface area (Å²) in [4.78, 5) is 0. The van der Waals surface area contributed by atoms with Crippen molar-refractivity contribution < 1.29 is 26.3 Å². The molecule has 58 heavy (non-hydrogen) atoms. The minimum atomic E-state index is -4.98. The lowest BCUT2D eigenvalue weighted by Crippen LogP contribution is -2.17. The summed E-state index contributed by atoms with van der Waals surface area (Å²) in [5.41, 5.74) is 3.40. The highest BCUT2D eigenvalue weighted by atomic mass is 19.4. The molecular formula is C50H30F6N2. The number of nitrogens with zero attached hydrogens (tertiary/aromatic N) is 2. The maximum Gasteiger partial charge on any atom is 0.420 e. The molecule has 0 atom stereocenters. The normalized spacial score (nSPS) is 12.3. The molecule has 0 aliphatic rings. The Hall–Kier alpha value is -7.06. The number of alkyl halides is 6. The quantitative estimate of drug-likeness (QED) is 0.154. The summed E-state index contributed by atoms with van der Waals surface area (Å²) in [6, 6.07) is 52.8. The van der Waals surface area contributed by atoms with Crippen molar-refractivity contribution in [3.8, 4) is 44.8 Å². The number of para-hydroxylation sites is 2. The fourth-order valence-corrected chi connectivity index (χ4v) is 8.44. The number of fused-ring (bicyclic) bond motifs is 6. The van der Waals surface area contributed by atoms with Crippen LogP contribution in [0.2, 0.25) is 0 Å². The molecular weight excluding hydrogens is 743 g/mol. The third kappa shape index (κ3) is 5.74. The molecule has 0 fully saturated rings. The second kappa shape index (κ2) is 13.3. The van der Waals surface area contributed by atoms with Gasteiger partial charge in [-0.25, -0.2) is 0 Å². The van der Waals surface area contributed by atoms with Crippen molar-refractivity contribution in [3.05, 3.63) is 193 Å². The van der Waals surface area contributed by atoms with E-state index in [1.807, 2.05) is 115 Å². The molecule has 0 radical (unpaired) electrons. The molecule has 282 valence electrons. The lowest BCUT2D eigenvalue weighted by atomic mass is 9.95. The largest absolute Gasteiger partial charge is 0.420 e. The van der Waals surface area contributed by atoms with Gasteiger partial charge >= 0.3 is 12.4 Å². The van der Waals surface area contributed by atoms with Gasteiger partial charge in [-0.15, -0.1) is 0 Å². The van der Waals surface area contributed by atoms with Crippen LogP contribution >= 0.6 is 0 Å². The van der Waals surface area contributed by atoms with E-state index in [2.05, 4.69) is 0 Å². The number of benzene rings is 8. The van der Waals surface area contributed by atoms with Gasteiger partial charge in [0.25, 0.3) is 0 Å². The van der Waals surface area contributed by atoms with Crippen LogP contribution in [-0.2, 0) is 12.4 Å². The highest BCUT2D eigenvalue weighted by Gasteiger charge is 2.41. The second-order valence-electron chi connectivity index (χ2n) is 14.3. The number of hydrogen-bond acceptors (Lipinski definition) is 0. The zero-order valence-corrected chi connectivity index (χ0v) is 30.5. The van der Waals surface area contributed by atoms with E-state index in [1.165, 1.54) is 24.3 Å². The molecule has 0 unspecified atom stereocenters. The highest BCUT2D eigenvalue weighted by Crippen LogP contribution is 2.48. The maximum atomic E-state index is 16.4. The average molecular weight is 773 g/mol. The van der Waals surface area contributed by atoms with E-state index in [1.54, 1.807) is 39.5 Å². The fourth-order valence-electron chi connectivity index (χ4n) is 8.44. The third-order valence-corrected chi connectivity index (χ3v) is 11.0. The van der Waals surface area contributed by atoms with Crippen molar-refractivity contribution in [3.63, 3.8) is 0 Å². The zero-order chi connectivity index (χ0) is 39.8. The van der Waals surface area contributed by atoms with Crippen LogP contribution in [0, 0.1) is 0 Å². The first kappa shape index (κ1) is 35.4. The molecule has 2 heterocycles. The van der Waals surface area contributed by atoms with Gasteiger partial charge in [-0.05, 0) is 82.4 Å². The van der Waals surface area contributed by atoms with E-state index in [0.717, 1.165) is 45.2 Å². The fraction of sp³-hybridized carbons (Fsp3) is 0.0400. The minimum Gasteiger partial charge on any atom is -0.309 e. The Balaban J connectivity index is 1.35. The third-order valence-electron chi connectivity index (χ3n) is 11.0. The van der Waals surface area contributed by atoms with Crippen LogP contribution in [0.15, 0.2) is 182 Å². The molecule has 10 aromatic rings. The van der Waals surface area contributed by atoms with Crippen LogP contribution in [0.5, 0.6) is 0 Å². The molecule has 0 saturated heterocycles. The van der Waals surface area contributed by atoms with Gasteiger partial charge in [0.1, 0.15) is 5.56 Å². The first-order chi connectivity index (χ1) is 28.1. The van der Waals surface area contributed by atoms with Gasteiger partial charge < -0.3 is 9.13 Å². The Morgan fingerprint density at radius 1 is 0.328 bits per heavy atom. The van der Waals surface area contributed by atoms with Crippen molar-refractivity contribution in [1.82, 2.24) is 9.13 Å². The van der Waals surface area contributed by atoms with Crippen LogP contribution in [0.3, 0.4) is 0 Å². The van der Waals surface area contributed by atoms with E-state index in [0.29, 0.717) is 32.8 Å². The number of aromatic nitrogens is 2. The van der Waals surface area contributed by atoms with Gasteiger partial charge in [-0.2, -0.15) is 26.3 Å². The molecule has 0 saturated carbocycles. The molecule has 0 bridgehead atoms. The van der Waals surface area contributed by atoms with Crippen molar-refractivity contribution in [2.75, 3.05) is 0 Å². The zero-order valence-electron chi connectivity index (χ0n) is 30.5. The highest BCUT2D eigenvalue weighted by molar-refractivity contribution is 6.12. The summed E-state index contributed by atoms with van der Waals surface area (Å²) >= 11 is 0. The number of hydrogen-bond donors (Lipinski definition) is 0. The van der Waals surface area contributed by atoms with Crippen LogP contribution < -0.4 is 0 Å². The summed E-state index contributed by atoms with van der Waals surface area (Å²) in [5, 5.41) is 2.93. The van der Waals surface area contributed by atoms with Gasteiger partial charge in [0.2, 0.25) is 0 Å². The lowest BCUT2D eigenvalue weighted by molar-refractivity contribution is -0.138. The Morgan fingerprint density at radius 2 is 0.810 bits per heavy atom. The lowest BCUT2D eigenvalue weighted by Gasteiger charge is -2.24. The Kier molecular flexibility index (Phi) is 8.09. The molecule has 10 rings (SSSR count). The molecule has 0 aliphatic carbocycles. The molecule has 0 N–H and O–H groups in total. The van der Waals surface area contributed by atoms with E-state index in [9.17, 15) is 13.2 Å². The Bertz CT molecular complexity index is 3190. The summed E-state index contributed by atoms with van der Waals surface area (Å²) in [6.07, 6.45) is -9.70. The molecule has 8 heteroatoms. The van der Waals surface area contributed by atoms with Crippen LogP contribution in [-0.4, -0.2) is 9.13 Å². The Morgan fingerprint density at radius 3 is 1.36 bits per heavy atom. The van der Waals surface area contributed by atoms with Gasteiger partial charge in [0.15, 0.2) is 0 Å². The van der Waals surface area contributed by atoms with E-state index >= 15 is 13.2 Å². The van der Waals surface area contributed by atoms with Crippen LogP contribution in [0.25, 0.3) is 88.4 Å². The van der Waals surface area contributed by atoms with Gasteiger partial charge in [0, 0.05) is 27.1 Å². The smallest absolute Gasteiger partial charge is 0.309 e. The molecule has 8 aromatic carbocycles. The molecule has 0 spiro atoms. The van der Waals surface area contributed by atoms with Gasteiger partial charge in [0.05, 0.1) is 39.0 Å². The summed E-state index contributed by atoms with van der Waals surface area (Å²) < 4.78 is 95.1. The van der Waals surface area contributed by atoms with Crippen molar-refractivity contribution in [2.45, 2.75) is 12.4 Å². The first-order valence-corrected chi connectivity index (χ1v) is 18.7. The molecule has 2 aromatic heterocycles. The number of halogens is 6. The summed E-state index contributed by atoms with van der Waals surface area (Å²) in [7, 11) is 0. The van der Waals surface area contributed by atoms with E-state index in [4.69, 9.17) is 0 Å². The second-order valence-corrected chi connectivity index (χ2v) is 14.3. The summed E-state index contributed by atoms with van der Waals surface area (Å²) in [5.74, 6) is 0. The van der Waals surface area contributed by atoms with Gasteiger partial charge in [-0.1, -0.05) is 127 Å². The molecule has 2 nitrogen and oxygen atoms in total. The van der Waals surface area contributed by atoms with Crippen LogP contribution in [0.4, 0.5) is 26.3 Å². The molecule has 0 aliphatic heterocycles. The van der Waals surface area contributed by atoms with Crippen LogP contribution in [0.1, 0.15) is 11.1 Å². The first-order valence-electron chi connectivity index (χ1n) is 18.7. The van der Waals surface area contributed by atoms with E-state index < -0.39 is 23.5 Å². The Labute approximate surface area is 328 Å². The SMILES string of the molecule is FC(F)(F)c1cccc(-c2ccc(-n3c4ccccc4c4cc(-c5ccccc5)ccc43)c(C(F)(F)F)c2-n2c3ccccc3c3cc(-c4ccccc4)ccc32)c1. The topological polar surface area (TPSA) is 9.86 Å². The predicted molar refractivity (Wildman–Crippen MR) is 221 cm³/mol. The van der Waals surface area contributed by atoms with Crippen molar-refractivity contribution in [1.29, 1.82) is 0 Å². The number of rotatable bonds is 5. The van der Waals surface area contributed by atoms with Crippen molar-refractivity contribution >= 4 is 43.6 Å². The maximum absolute atomic E-state index is 16.4. The average Bonchev–Trinajstić information content (AvgIpc) is 3.75. The van der Waals surface area contributed by atoms with E-state index in [-0.39, 0.29) is 22.5 Å². The standard InChI is InChI=1S/C50H30F6N2/c51-49(52,53)36-17-11-16-35(28-36)37-24-27-46(57-42-20-9-7-18-38(42)40-29-33(22-25-44(40)57)31-12-3-1-4-13-31)47(50(54,55)56)48(37)58-43-21-10-8-19-39(43)41-30-34(23-26-45(41)58)32-14-5-2-6-15-32/h1-30H.